The first-order chi connectivity index (χ1) is 12.1. The Labute approximate surface area is 147 Å². The molecular weight excluding hydrogens is 314 g/mol. The fourth-order valence-electron chi connectivity index (χ4n) is 2.85. The van der Waals surface area contributed by atoms with Crippen molar-refractivity contribution in [2.75, 3.05) is 11.9 Å². The predicted octanol–water partition coefficient (Wildman–Crippen LogP) is 4.20. The summed E-state index contributed by atoms with van der Waals surface area (Å²) in [6.45, 7) is 6.97. The van der Waals surface area contributed by atoms with Gasteiger partial charge in [0.2, 0.25) is 5.91 Å². The molecule has 3 aromatic rings. The minimum atomic E-state index is -0.0748. The zero-order valence-electron chi connectivity index (χ0n) is 14.8. The average Bonchev–Trinajstić information content (AvgIpc) is 2.96. The van der Waals surface area contributed by atoms with E-state index >= 15 is 0 Å². The van der Waals surface area contributed by atoms with E-state index in [1.807, 2.05) is 60.0 Å². The molecule has 0 aliphatic rings. The fraction of sp³-hybridized carbons (Fsp3) is 0.300. The molecule has 0 unspecified atom stereocenters. The zero-order chi connectivity index (χ0) is 17.8. The molecule has 1 aromatic heterocycles. The molecule has 1 N–H and O–H groups in total. The monoisotopic (exact) mass is 337 g/mol. The number of hydrogen-bond donors (Lipinski definition) is 1. The molecule has 0 fully saturated rings. The van der Waals surface area contributed by atoms with E-state index in [0.717, 1.165) is 28.3 Å². The molecule has 130 valence electrons. The summed E-state index contributed by atoms with van der Waals surface area (Å²) in [6.07, 6.45) is 0. The van der Waals surface area contributed by atoms with Gasteiger partial charge in [-0.25, -0.2) is 4.98 Å². The highest BCUT2D eigenvalue weighted by atomic mass is 16.5. The van der Waals surface area contributed by atoms with E-state index < -0.39 is 0 Å². The molecule has 0 radical (unpaired) electrons. The topological polar surface area (TPSA) is 56.1 Å². The maximum atomic E-state index is 12.5. The van der Waals surface area contributed by atoms with Crippen molar-refractivity contribution in [3.63, 3.8) is 0 Å². The smallest absolute Gasteiger partial charge is 0.244 e. The van der Waals surface area contributed by atoms with Crippen molar-refractivity contribution in [3.05, 3.63) is 54.4 Å². The molecule has 0 aliphatic carbocycles. The number of aromatic nitrogens is 2. The number of carbonyl (C=O) groups excluding carboxylic acids is 1. The number of amides is 1. The van der Waals surface area contributed by atoms with Crippen molar-refractivity contribution in [1.82, 2.24) is 9.55 Å². The SMILES string of the molecule is CCOc1ccc(NC(=O)Cn2c(C(C)C)nc3ccccc32)cc1. The number of carbonyl (C=O) groups is 1. The summed E-state index contributed by atoms with van der Waals surface area (Å²) >= 11 is 0. The maximum absolute atomic E-state index is 12.5. The first-order valence-corrected chi connectivity index (χ1v) is 8.56. The zero-order valence-corrected chi connectivity index (χ0v) is 14.8. The summed E-state index contributed by atoms with van der Waals surface area (Å²) in [5.41, 5.74) is 2.65. The summed E-state index contributed by atoms with van der Waals surface area (Å²) < 4.78 is 7.41. The lowest BCUT2D eigenvalue weighted by atomic mass is 10.2. The third-order valence-electron chi connectivity index (χ3n) is 3.95. The second-order valence-corrected chi connectivity index (χ2v) is 6.21. The van der Waals surface area contributed by atoms with Crippen LogP contribution in [0.2, 0.25) is 0 Å². The number of anilines is 1. The molecule has 0 saturated carbocycles. The van der Waals surface area contributed by atoms with Gasteiger partial charge in [-0.15, -0.1) is 0 Å². The average molecular weight is 337 g/mol. The second kappa shape index (κ2) is 7.38. The third kappa shape index (κ3) is 3.82. The highest BCUT2D eigenvalue weighted by Crippen LogP contribution is 2.22. The third-order valence-corrected chi connectivity index (χ3v) is 3.95. The second-order valence-electron chi connectivity index (χ2n) is 6.21. The quantitative estimate of drug-likeness (QED) is 0.733. The number of fused-ring (bicyclic) bond motifs is 1. The normalized spacial score (nSPS) is 11.0. The summed E-state index contributed by atoms with van der Waals surface area (Å²) in [5.74, 6) is 1.88. The molecule has 0 bridgehead atoms. The van der Waals surface area contributed by atoms with Gasteiger partial charge in [-0.2, -0.15) is 0 Å². The van der Waals surface area contributed by atoms with Gasteiger partial charge in [0.05, 0.1) is 17.6 Å². The van der Waals surface area contributed by atoms with E-state index in [9.17, 15) is 4.79 Å². The van der Waals surface area contributed by atoms with Crippen LogP contribution >= 0.6 is 0 Å². The maximum Gasteiger partial charge on any atom is 0.244 e. The number of nitrogens with zero attached hydrogens (tertiary/aromatic N) is 2. The number of hydrogen-bond acceptors (Lipinski definition) is 3. The van der Waals surface area contributed by atoms with Gasteiger partial charge in [0, 0.05) is 11.6 Å². The molecule has 3 rings (SSSR count). The first-order valence-electron chi connectivity index (χ1n) is 8.56. The van der Waals surface area contributed by atoms with Crippen LogP contribution in [0.5, 0.6) is 5.75 Å². The molecule has 2 aromatic carbocycles. The standard InChI is InChI=1S/C20H23N3O2/c1-4-25-16-11-9-15(10-12-16)21-19(24)13-23-18-8-6-5-7-17(18)22-20(23)14(2)3/h5-12,14H,4,13H2,1-3H3,(H,21,24). The summed E-state index contributed by atoms with van der Waals surface area (Å²) in [6, 6.07) is 15.3. The van der Waals surface area contributed by atoms with Crippen molar-refractivity contribution < 1.29 is 9.53 Å². The van der Waals surface area contributed by atoms with E-state index in [2.05, 4.69) is 24.1 Å². The van der Waals surface area contributed by atoms with Crippen LogP contribution in [0.3, 0.4) is 0 Å². The Hall–Kier alpha value is -2.82. The molecule has 0 atom stereocenters. The van der Waals surface area contributed by atoms with Gasteiger partial charge in [0.15, 0.2) is 0 Å². The first kappa shape index (κ1) is 17.0. The van der Waals surface area contributed by atoms with Crippen LogP contribution in [0.15, 0.2) is 48.5 Å². The Morgan fingerprint density at radius 2 is 1.88 bits per heavy atom. The van der Waals surface area contributed by atoms with Gasteiger partial charge in [0.1, 0.15) is 18.1 Å². The van der Waals surface area contributed by atoms with E-state index in [1.54, 1.807) is 0 Å². The van der Waals surface area contributed by atoms with Gasteiger partial charge in [-0.3, -0.25) is 4.79 Å². The van der Waals surface area contributed by atoms with E-state index in [0.29, 0.717) is 6.61 Å². The van der Waals surface area contributed by atoms with Crippen LogP contribution in [0, 0.1) is 0 Å². The van der Waals surface area contributed by atoms with Crippen LogP contribution in [0.4, 0.5) is 5.69 Å². The largest absolute Gasteiger partial charge is 0.494 e. The van der Waals surface area contributed by atoms with Crippen LogP contribution in [0.25, 0.3) is 11.0 Å². The Morgan fingerprint density at radius 3 is 2.56 bits per heavy atom. The van der Waals surface area contributed by atoms with Crippen molar-refractivity contribution in [3.8, 4) is 5.75 Å². The van der Waals surface area contributed by atoms with Crippen LogP contribution in [-0.2, 0) is 11.3 Å². The van der Waals surface area contributed by atoms with Gasteiger partial charge >= 0.3 is 0 Å². The summed E-state index contributed by atoms with van der Waals surface area (Å²) in [7, 11) is 0. The van der Waals surface area contributed by atoms with Crippen molar-refractivity contribution in [1.29, 1.82) is 0 Å². The minimum absolute atomic E-state index is 0.0748. The Kier molecular flexibility index (Phi) is 5.03. The molecule has 1 heterocycles. The molecular formula is C20H23N3O2. The molecule has 0 aliphatic heterocycles. The highest BCUT2D eigenvalue weighted by molar-refractivity contribution is 5.91. The van der Waals surface area contributed by atoms with Crippen molar-refractivity contribution >= 4 is 22.6 Å². The number of benzene rings is 2. The number of rotatable bonds is 6. The molecule has 1 amide bonds. The summed E-state index contributed by atoms with van der Waals surface area (Å²) in [5, 5.41) is 2.94. The molecule has 5 nitrogen and oxygen atoms in total. The van der Waals surface area contributed by atoms with Gasteiger partial charge in [-0.05, 0) is 43.3 Å². The van der Waals surface area contributed by atoms with E-state index in [1.165, 1.54) is 0 Å². The molecule has 5 heteroatoms. The van der Waals surface area contributed by atoms with Crippen LogP contribution in [0.1, 0.15) is 32.5 Å². The number of imidazole rings is 1. The molecule has 25 heavy (non-hydrogen) atoms. The Balaban J connectivity index is 1.78. The lowest BCUT2D eigenvalue weighted by molar-refractivity contribution is -0.116. The summed E-state index contributed by atoms with van der Waals surface area (Å²) in [4.78, 5) is 17.2. The van der Waals surface area contributed by atoms with E-state index in [-0.39, 0.29) is 18.4 Å². The number of ether oxygens (including phenoxy) is 1. The number of nitrogens with one attached hydrogen (secondary N) is 1. The number of para-hydroxylation sites is 2. The van der Waals surface area contributed by atoms with Gasteiger partial charge in [0.25, 0.3) is 0 Å². The van der Waals surface area contributed by atoms with E-state index in [4.69, 9.17) is 4.74 Å². The Bertz CT molecular complexity index is 866. The minimum Gasteiger partial charge on any atom is -0.494 e. The van der Waals surface area contributed by atoms with Crippen LogP contribution < -0.4 is 10.1 Å². The molecule has 0 spiro atoms. The van der Waals surface area contributed by atoms with Crippen molar-refractivity contribution in [2.45, 2.75) is 33.2 Å². The molecule has 0 saturated heterocycles. The van der Waals surface area contributed by atoms with Gasteiger partial charge in [-0.1, -0.05) is 26.0 Å². The highest BCUT2D eigenvalue weighted by Gasteiger charge is 2.15. The lowest BCUT2D eigenvalue weighted by Gasteiger charge is -2.12. The van der Waals surface area contributed by atoms with Crippen LogP contribution in [-0.4, -0.2) is 22.1 Å². The lowest BCUT2D eigenvalue weighted by Crippen LogP contribution is -2.20. The van der Waals surface area contributed by atoms with Crippen molar-refractivity contribution in [2.24, 2.45) is 0 Å². The fourth-order valence-corrected chi connectivity index (χ4v) is 2.85. The Morgan fingerprint density at radius 1 is 1.16 bits per heavy atom. The van der Waals surface area contributed by atoms with Gasteiger partial charge < -0.3 is 14.6 Å². The predicted molar refractivity (Wildman–Crippen MR) is 100 cm³/mol.